The summed E-state index contributed by atoms with van der Waals surface area (Å²) < 4.78 is 65.6. The molecule has 0 bridgehead atoms. The van der Waals surface area contributed by atoms with Crippen LogP contribution < -0.4 is 4.18 Å². The molecule has 4 nitrogen and oxygen atoms in total. The van der Waals surface area contributed by atoms with Crippen molar-refractivity contribution in [2.24, 2.45) is 0 Å². The lowest BCUT2D eigenvalue weighted by Crippen LogP contribution is -2.29. The molecule has 0 N–H and O–H groups in total. The van der Waals surface area contributed by atoms with Gasteiger partial charge in [-0.25, -0.2) is 0 Å². The predicted octanol–water partition coefficient (Wildman–Crippen LogP) is 3.65. The summed E-state index contributed by atoms with van der Waals surface area (Å²) in [5.74, 6) is -0.231. The van der Waals surface area contributed by atoms with Crippen LogP contribution in [0.25, 0.3) is 10.9 Å². The quantitative estimate of drug-likeness (QED) is 0.616. The number of pyridine rings is 1. The number of benzene rings is 1. The van der Waals surface area contributed by atoms with Crippen molar-refractivity contribution in [3.63, 3.8) is 0 Å². The van der Waals surface area contributed by atoms with Crippen LogP contribution in [0.4, 0.5) is 13.2 Å². The zero-order chi connectivity index (χ0) is 16.8. The Morgan fingerprint density at radius 3 is 2.57 bits per heavy atom. The maximum atomic E-state index is 12.7. The van der Waals surface area contributed by atoms with E-state index in [0.717, 1.165) is 18.4 Å². The van der Waals surface area contributed by atoms with E-state index in [1.54, 1.807) is 25.1 Å². The van der Waals surface area contributed by atoms with Crippen molar-refractivity contribution in [3.05, 3.63) is 35.0 Å². The Balaban J connectivity index is 2.26. The Bertz CT molecular complexity index is 876. The molecule has 1 aliphatic carbocycles. The van der Waals surface area contributed by atoms with E-state index < -0.39 is 15.6 Å². The van der Waals surface area contributed by atoms with Crippen molar-refractivity contribution in [3.8, 4) is 5.75 Å². The second kappa shape index (κ2) is 5.36. The third-order valence-corrected chi connectivity index (χ3v) is 4.79. The van der Waals surface area contributed by atoms with Crippen molar-refractivity contribution in [2.45, 2.75) is 38.1 Å². The van der Waals surface area contributed by atoms with Gasteiger partial charge >= 0.3 is 15.6 Å². The lowest BCUT2D eigenvalue weighted by atomic mass is 9.93. The molecule has 23 heavy (non-hydrogen) atoms. The number of hydrogen-bond acceptors (Lipinski definition) is 4. The van der Waals surface area contributed by atoms with Crippen molar-refractivity contribution in [1.29, 1.82) is 0 Å². The van der Waals surface area contributed by atoms with E-state index in [0.29, 0.717) is 35.0 Å². The van der Waals surface area contributed by atoms with Gasteiger partial charge in [0.25, 0.3) is 0 Å². The fourth-order valence-corrected chi connectivity index (χ4v) is 3.25. The second-order valence-electron chi connectivity index (χ2n) is 5.58. The van der Waals surface area contributed by atoms with Gasteiger partial charge in [-0.3, -0.25) is 4.98 Å². The van der Waals surface area contributed by atoms with Gasteiger partial charge in [-0.05, 0) is 44.7 Å². The zero-order valence-corrected chi connectivity index (χ0v) is 13.1. The summed E-state index contributed by atoms with van der Waals surface area (Å²) >= 11 is 0. The van der Waals surface area contributed by atoms with Crippen LogP contribution >= 0.6 is 0 Å². The maximum absolute atomic E-state index is 12.7. The highest BCUT2D eigenvalue weighted by molar-refractivity contribution is 7.88. The molecule has 0 spiro atoms. The van der Waals surface area contributed by atoms with E-state index in [4.69, 9.17) is 0 Å². The number of rotatable bonds is 2. The normalized spacial score (nSPS) is 15.5. The van der Waals surface area contributed by atoms with Crippen LogP contribution in [-0.4, -0.2) is 18.9 Å². The summed E-state index contributed by atoms with van der Waals surface area (Å²) in [6, 6.07) is 5.03. The molecular weight excluding hydrogens is 331 g/mol. The van der Waals surface area contributed by atoms with Crippen molar-refractivity contribution >= 4 is 21.0 Å². The summed E-state index contributed by atoms with van der Waals surface area (Å²) in [7, 11) is -5.72. The summed E-state index contributed by atoms with van der Waals surface area (Å²) in [4.78, 5) is 4.45. The number of fused-ring (bicyclic) bond motifs is 2. The van der Waals surface area contributed by atoms with Crippen LogP contribution in [0.1, 0.15) is 29.7 Å². The minimum absolute atomic E-state index is 0.231. The minimum Gasteiger partial charge on any atom is -0.375 e. The fourth-order valence-electron chi connectivity index (χ4n) is 2.75. The van der Waals surface area contributed by atoms with Gasteiger partial charge in [0.2, 0.25) is 0 Å². The second-order valence-corrected chi connectivity index (χ2v) is 7.11. The van der Waals surface area contributed by atoms with Gasteiger partial charge in [0.05, 0.1) is 5.52 Å². The van der Waals surface area contributed by atoms with Crippen LogP contribution in [-0.2, 0) is 23.0 Å². The molecule has 0 aliphatic heterocycles. The molecule has 0 atom stereocenters. The van der Waals surface area contributed by atoms with Crippen LogP contribution in [0.3, 0.4) is 0 Å². The molecule has 0 radical (unpaired) electrons. The molecule has 0 saturated heterocycles. The molecule has 0 unspecified atom stereocenters. The Morgan fingerprint density at radius 2 is 1.87 bits per heavy atom. The number of alkyl halides is 3. The topological polar surface area (TPSA) is 56.3 Å². The number of nitrogens with zero attached hydrogens (tertiary/aromatic N) is 1. The first-order valence-corrected chi connectivity index (χ1v) is 8.53. The third kappa shape index (κ3) is 2.87. The van der Waals surface area contributed by atoms with Gasteiger partial charge < -0.3 is 4.18 Å². The molecule has 0 amide bonds. The molecule has 1 heterocycles. The van der Waals surface area contributed by atoms with Gasteiger partial charge in [-0.1, -0.05) is 11.6 Å². The third-order valence-electron chi connectivity index (χ3n) is 3.84. The van der Waals surface area contributed by atoms with Crippen molar-refractivity contribution in [2.75, 3.05) is 0 Å². The number of aromatic nitrogens is 1. The Hall–Kier alpha value is -1.83. The van der Waals surface area contributed by atoms with Crippen molar-refractivity contribution in [1.82, 2.24) is 4.98 Å². The van der Waals surface area contributed by atoms with Crippen LogP contribution in [0, 0.1) is 6.92 Å². The predicted molar refractivity (Wildman–Crippen MR) is 78.7 cm³/mol. The lowest BCUT2D eigenvalue weighted by Gasteiger charge is -2.21. The highest BCUT2D eigenvalue weighted by atomic mass is 32.2. The van der Waals surface area contributed by atoms with Crippen LogP contribution in [0.15, 0.2) is 18.2 Å². The Labute approximate surface area is 131 Å². The Morgan fingerprint density at radius 1 is 1.17 bits per heavy atom. The average molecular weight is 345 g/mol. The molecule has 1 aromatic heterocycles. The smallest absolute Gasteiger partial charge is 0.375 e. The average Bonchev–Trinajstić information content (AvgIpc) is 2.46. The first-order chi connectivity index (χ1) is 10.7. The Kier molecular flexibility index (Phi) is 3.74. The lowest BCUT2D eigenvalue weighted by molar-refractivity contribution is -0.0499. The van der Waals surface area contributed by atoms with E-state index in [1.807, 2.05) is 0 Å². The summed E-state index contributed by atoms with van der Waals surface area (Å²) in [6.07, 6.45) is 2.67. The molecule has 0 fully saturated rings. The van der Waals surface area contributed by atoms with Crippen LogP contribution in [0.5, 0.6) is 5.75 Å². The molecule has 2 aromatic rings. The molecule has 1 aromatic carbocycles. The van der Waals surface area contributed by atoms with Gasteiger partial charge in [0.1, 0.15) is 0 Å². The van der Waals surface area contributed by atoms with Gasteiger partial charge in [-0.2, -0.15) is 21.6 Å². The largest absolute Gasteiger partial charge is 0.534 e. The first kappa shape index (κ1) is 16.0. The monoisotopic (exact) mass is 345 g/mol. The minimum atomic E-state index is -5.72. The number of aryl methyl sites for hydroxylation is 2. The summed E-state index contributed by atoms with van der Waals surface area (Å²) in [6.45, 7) is 1.76. The van der Waals surface area contributed by atoms with E-state index in [1.165, 1.54) is 0 Å². The molecule has 8 heteroatoms. The van der Waals surface area contributed by atoms with E-state index in [9.17, 15) is 21.6 Å². The van der Waals surface area contributed by atoms with E-state index in [-0.39, 0.29) is 5.75 Å². The summed E-state index contributed by atoms with van der Waals surface area (Å²) in [5.41, 5.74) is -3.18. The number of hydrogen-bond donors (Lipinski definition) is 0. The highest BCUT2D eigenvalue weighted by Crippen LogP contribution is 2.38. The van der Waals surface area contributed by atoms with Crippen LogP contribution in [0.2, 0.25) is 0 Å². The molecule has 0 saturated carbocycles. The summed E-state index contributed by atoms with van der Waals surface area (Å²) in [5, 5.41) is 0.290. The van der Waals surface area contributed by atoms with E-state index in [2.05, 4.69) is 9.17 Å². The molecular formula is C15H14F3NO3S. The highest BCUT2D eigenvalue weighted by Gasteiger charge is 2.49. The maximum Gasteiger partial charge on any atom is 0.534 e. The van der Waals surface area contributed by atoms with Gasteiger partial charge in [-0.15, -0.1) is 0 Å². The zero-order valence-electron chi connectivity index (χ0n) is 12.3. The van der Waals surface area contributed by atoms with Crippen molar-refractivity contribution < 1.29 is 25.8 Å². The SMILES string of the molecule is Cc1ccc2nc3c(c(OS(=O)(=O)C(F)(F)F)c2c1)CCCC3. The van der Waals surface area contributed by atoms with Gasteiger partial charge in [0, 0.05) is 16.6 Å². The molecule has 3 rings (SSSR count). The first-order valence-electron chi connectivity index (χ1n) is 7.12. The molecule has 1 aliphatic rings. The standard InChI is InChI=1S/C15H14F3NO3S/c1-9-6-7-13-11(8-9)14(22-23(20,21)15(16,17)18)10-4-2-3-5-12(10)19-13/h6-8H,2-5H2,1H3. The van der Waals surface area contributed by atoms with Gasteiger partial charge in [0.15, 0.2) is 5.75 Å². The van der Waals surface area contributed by atoms with E-state index >= 15 is 0 Å². The number of halogens is 3. The molecule has 124 valence electrons. The fraction of sp³-hybridized carbons (Fsp3) is 0.400.